The molecule has 1 heterocycles. The monoisotopic (exact) mass is 613 g/mol. The second-order valence-electron chi connectivity index (χ2n) is 8.36. The van der Waals surface area contributed by atoms with Crippen LogP contribution >= 0.6 is 0 Å². The molecule has 3 aromatic rings. The average molecular weight is 613 g/mol. The van der Waals surface area contributed by atoms with Crippen LogP contribution in [0.3, 0.4) is 0 Å². The lowest BCUT2D eigenvalue weighted by molar-refractivity contribution is -0.274. The number of ether oxygens (including phenoxy) is 3. The fraction of sp³-hybridized carbons (Fsp3) is 0.174. The molecule has 6 radical (unpaired) electrons. The molecule has 0 aliphatic rings. The van der Waals surface area contributed by atoms with Gasteiger partial charge in [-0.25, -0.2) is 4.98 Å². The standard InChI is InChI=1S/C23H11B3F9N3O5/c24-22(25,26)43-15-7-11(42-23(33,34)35)2-4-14(15)41-16-6-9(20(27,28)29)5-12(21(30,31)32)17(16)19(40)38-10-1-3-13(18(36)39)37-8-10/h1-8H,(H2,36,39)(H,38,40). The van der Waals surface area contributed by atoms with E-state index in [-0.39, 0.29) is 23.5 Å². The molecule has 20 heteroatoms. The first kappa shape index (κ1) is 33.0. The first-order valence-electron chi connectivity index (χ1n) is 11.1. The molecule has 220 valence electrons. The predicted octanol–water partition coefficient (Wildman–Crippen LogP) is 4.66. The lowest BCUT2D eigenvalue weighted by Crippen LogP contribution is -2.37. The van der Waals surface area contributed by atoms with Gasteiger partial charge in [0.05, 0.1) is 28.6 Å². The number of nitrogens with one attached hydrogen (secondary N) is 1. The van der Waals surface area contributed by atoms with Crippen LogP contribution in [0.15, 0.2) is 48.7 Å². The molecule has 0 unspecified atom stereocenters. The number of hydrogen-bond acceptors (Lipinski definition) is 6. The molecule has 2 aromatic carbocycles. The van der Waals surface area contributed by atoms with E-state index in [2.05, 4.69) is 9.72 Å². The molecular weight excluding hydrogens is 602 g/mol. The second kappa shape index (κ2) is 11.6. The number of carbonyl (C=O) groups is 2. The summed E-state index contributed by atoms with van der Waals surface area (Å²) in [6.07, 6.45) is -15.4. The first-order valence-corrected chi connectivity index (χ1v) is 11.1. The van der Waals surface area contributed by atoms with E-state index in [0.29, 0.717) is 18.2 Å². The van der Waals surface area contributed by atoms with Gasteiger partial charge in [0.15, 0.2) is 11.5 Å². The van der Waals surface area contributed by atoms with Crippen LogP contribution in [0.5, 0.6) is 23.0 Å². The SMILES string of the molecule is [B]C([B])([B])Oc1cc(OC(F)(F)F)ccc1Oc1cc(C(F)(F)F)cc(C(F)(F)F)c1C(=O)Nc1ccc(C(N)=O)nc1. The van der Waals surface area contributed by atoms with Crippen LogP contribution in [0.4, 0.5) is 45.2 Å². The first-order chi connectivity index (χ1) is 19.5. The number of benzene rings is 2. The van der Waals surface area contributed by atoms with Gasteiger partial charge >= 0.3 is 18.7 Å². The summed E-state index contributed by atoms with van der Waals surface area (Å²) in [6.45, 7) is 0. The number of nitrogens with zero attached hydrogens (tertiary/aromatic N) is 1. The minimum absolute atomic E-state index is 0.0169. The fourth-order valence-electron chi connectivity index (χ4n) is 3.28. The van der Waals surface area contributed by atoms with Crippen molar-refractivity contribution in [2.75, 3.05) is 5.32 Å². The van der Waals surface area contributed by atoms with Crippen molar-refractivity contribution in [2.45, 2.75) is 24.0 Å². The molecule has 0 aliphatic heterocycles. The normalized spacial score (nSPS) is 12.4. The highest BCUT2D eigenvalue weighted by Gasteiger charge is 2.42. The molecule has 43 heavy (non-hydrogen) atoms. The Morgan fingerprint density at radius 2 is 1.44 bits per heavy atom. The van der Waals surface area contributed by atoms with Crippen molar-refractivity contribution in [3.63, 3.8) is 0 Å². The Kier molecular flexibility index (Phi) is 8.94. The Bertz CT molecular complexity index is 1520. The Morgan fingerprint density at radius 1 is 0.791 bits per heavy atom. The average Bonchev–Trinajstić information content (AvgIpc) is 2.82. The van der Waals surface area contributed by atoms with Crippen molar-refractivity contribution >= 4 is 41.0 Å². The number of alkyl halides is 9. The zero-order valence-corrected chi connectivity index (χ0v) is 20.8. The van der Waals surface area contributed by atoms with Crippen LogP contribution in [-0.2, 0) is 12.4 Å². The van der Waals surface area contributed by atoms with E-state index in [0.717, 1.165) is 18.3 Å². The summed E-state index contributed by atoms with van der Waals surface area (Å²) in [4.78, 5) is 27.8. The Hall–Kier alpha value is -4.51. The molecule has 0 bridgehead atoms. The van der Waals surface area contributed by atoms with Crippen LogP contribution in [0, 0.1) is 0 Å². The van der Waals surface area contributed by atoms with Crippen molar-refractivity contribution in [1.82, 2.24) is 4.98 Å². The molecule has 3 rings (SSSR count). The molecular formula is C23H11B3F9N3O5. The third kappa shape index (κ3) is 8.99. The zero-order valence-electron chi connectivity index (χ0n) is 20.8. The largest absolute Gasteiger partial charge is 0.573 e. The van der Waals surface area contributed by atoms with Gasteiger partial charge in [0, 0.05) is 6.07 Å². The molecule has 0 saturated heterocycles. The van der Waals surface area contributed by atoms with E-state index < -0.39 is 75.5 Å². The molecule has 0 saturated carbocycles. The van der Waals surface area contributed by atoms with Crippen molar-refractivity contribution in [3.8, 4) is 23.0 Å². The third-order valence-electron chi connectivity index (χ3n) is 4.89. The predicted molar refractivity (Wildman–Crippen MR) is 131 cm³/mol. The van der Waals surface area contributed by atoms with Gasteiger partial charge in [-0.05, 0) is 41.7 Å². The zero-order chi connectivity index (χ0) is 32.5. The second-order valence-corrected chi connectivity index (χ2v) is 8.36. The minimum atomic E-state index is -5.59. The third-order valence-corrected chi connectivity index (χ3v) is 4.89. The smallest absolute Gasteiger partial charge is 0.512 e. The highest BCUT2D eigenvalue weighted by Crippen LogP contribution is 2.45. The maximum atomic E-state index is 14.0. The molecule has 0 fully saturated rings. The Morgan fingerprint density at radius 3 is 1.93 bits per heavy atom. The summed E-state index contributed by atoms with van der Waals surface area (Å²) in [5.41, 5.74) is -1.15. The summed E-state index contributed by atoms with van der Waals surface area (Å²) >= 11 is 0. The summed E-state index contributed by atoms with van der Waals surface area (Å²) in [6, 6.07) is 3.17. The molecule has 0 atom stereocenters. The van der Waals surface area contributed by atoms with Crippen LogP contribution in [0.25, 0.3) is 0 Å². The van der Waals surface area contributed by atoms with Crippen molar-refractivity contribution < 1.29 is 63.3 Å². The number of pyridine rings is 1. The van der Waals surface area contributed by atoms with Gasteiger partial charge in [-0.2, -0.15) is 26.3 Å². The lowest BCUT2D eigenvalue weighted by atomic mass is 9.52. The van der Waals surface area contributed by atoms with Gasteiger partial charge in [-0.3, -0.25) is 9.59 Å². The topological polar surface area (TPSA) is 113 Å². The van der Waals surface area contributed by atoms with Gasteiger partial charge in [0.2, 0.25) is 0 Å². The number of carbonyl (C=O) groups excluding carboxylic acids is 2. The number of halogens is 9. The van der Waals surface area contributed by atoms with Gasteiger partial charge in [0.1, 0.15) is 40.7 Å². The fourth-order valence-corrected chi connectivity index (χ4v) is 3.28. The van der Waals surface area contributed by atoms with Crippen LogP contribution in [-0.4, -0.2) is 52.0 Å². The molecule has 2 amide bonds. The molecule has 8 nitrogen and oxygen atoms in total. The van der Waals surface area contributed by atoms with E-state index in [1.54, 1.807) is 0 Å². The van der Waals surface area contributed by atoms with Gasteiger partial charge in [-0.15, -0.1) is 13.2 Å². The number of rotatable bonds is 8. The van der Waals surface area contributed by atoms with Crippen LogP contribution in [0.1, 0.15) is 32.0 Å². The number of amides is 2. The van der Waals surface area contributed by atoms with E-state index in [9.17, 15) is 49.1 Å². The van der Waals surface area contributed by atoms with E-state index >= 15 is 0 Å². The quantitative estimate of drug-likeness (QED) is 0.283. The molecule has 0 aliphatic carbocycles. The number of anilines is 1. The molecule has 0 spiro atoms. The number of primary amides is 1. The summed E-state index contributed by atoms with van der Waals surface area (Å²) in [5, 5.41) is -0.705. The van der Waals surface area contributed by atoms with E-state index in [1.807, 2.05) is 5.32 Å². The van der Waals surface area contributed by atoms with Gasteiger partial charge in [-0.1, -0.05) is 0 Å². The number of hydrogen-bond donors (Lipinski definition) is 2. The van der Waals surface area contributed by atoms with E-state index in [4.69, 9.17) is 38.7 Å². The summed E-state index contributed by atoms with van der Waals surface area (Å²) in [5.74, 6) is -6.92. The maximum Gasteiger partial charge on any atom is 0.573 e. The lowest BCUT2D eigenvalue weighted by Gasteiger charge is -2.26. The van der Waals surface area contributed by atoms with E-state index in [1.165, 1.54) is 0 Å². The number of nitrogens with two attached hydrogens (primary N) is 1. The van der Waals surface area contributed by atoms with Crippen molar-refractivity contribution in [3.05, 3.63) is 71.0 Å². The van der Waals surface area contributed by atoms with Crippen LogP contribution < -0.4 is 25.3 Å². The summed E-state index contributed by atoms with van der Waals surface area (Å²) < 4.78 is 135. The van der Waals surface area contributed by atoms with Gasteiger partial charge in [0.25, 0.3) is 11.8 Å². The molecule has 1 aromatic heterocycles. The van der Waals surface area contributed by atoms with Crippen LogP contribution in [0.2, 0.25) is 0 Å². The summed E-state index contributed by atoms with van der Waals surface area (Å²) in [7, 11) is 15.8. The Balaban J connectivity index is 2.22. The maximum absolute atomic E-state index is 14.0. The highest BCUT2D eigenvalue weighted by molar-refractivity contribution is 6.58. The van der Waals surface area contributed by atoms with Crippen molar-refractivity contribution in [2.24, 2.45) is 5.73 Å². The van der Waals surface area contributed by atoms with Gasteiger partial charge < -0.3 is 25.3 Å². The Labute approximate surface area is 238 Å². The minimum Gasteiger partial charge on any atom is -0.512 e. The number of aromatic nitrogens is 1. The molecule has 3 N–H and O–H groups in total. The van der Waals surface area contributed by atoms with Crippen molar-refractivity contribution in [1.29, 1.82) is 0 Å². The highest BCUT2D eigenvalue weighted by atomic mass is 19.4.